The quantitative estimate of drug-likeness (QED) is 0.359. The number of hydrogen-bond acceptors (Lipinski definition) is 6. The number of carbonyl (C=O) groups is 1. The number of ether oxygens (including phenoxy) is 1. The fraction of sp³-hybridized carbons (Fsp3) is 0.200. The Hall–Kier alpha value is -4.00. The first-order valence-electron chi connectivity index (χ1n) is 10.3. The predicted molar refractivity (Wildman–Crippen MR) is 125 cm³/mol. The van der Waals surface area contributed by atoms with Crippen LogP contribution in [0.5, 0.6) is 0 Å². The molecule has 0 bridgehead atoms. The van der Waals surface area contributed by atoms with Crippen LogP contribution in [0.1, 0.15) is 40.9 Å². The second-order valence-electron chi connectivity index (χ2n) is 7.80. The molecule has 0 radical (unpaired) electrons. The molecule has 0 saturated carbocycles. The van der Waals surface area contributed by atoms with Gasteiger partial charge in [0.1, 0.15) is 23.9 Å². The average Bonchev–Trinajstić information content (AvgIpc) is 3.12. The first kappa shape index (κ1) is 21.2. The number of nitrogen functional groups attached to an aromatic ring is 1. The summed E-state index contributed by atoms with van der Waals surface area (Å²) in [6, 6.07) is 15.7. The second kappa shape index (κ2) is 8.63. The predicted octanol–water partition coefficient (Wildman–Crippen LogP) is 4.53. The van der Waals surface area contributed by atoms with E-state index in [4.69, 9.17) is 10.5 Å². The Morgan fingerprint density at radius 1 is 1.09 bits per heavy atom. The van der Waals surface area contributed by atoms with Crippen molar-refractivity contribution >= 4 is 28.9 Å². The molecule has 0 aliphatic rings. The van der Waals surface area contributed by atoms with Gasteiger partial charge in [0.15, 0.2) is 5.65 Å². The molecule has 7 nitrogen and oxygen atoms in total. The molecule has 1 atom stereocenters. The summed E-state index contributed by atoms with van der Waals surface area (Å²) in [5.41, 5.74) is 12.3. The van der Waals surface area contributed by atoms with Gasteiger partial charge in [-0.1, -0.05) is 54.1 Å². The number of allylic oxidation sites excluding steroid dienone is 1. The lowest BCUT2D eigenvalue weighted by atomic mass is 9.91. The van der Waals surface area contributed by atoms with Gasteiger partial charge in [0.25, 0.3) is 6.47 Å². The number of nitrogens with zero attached hydrogens (tertiary/aromatic N) is 4. The SMILES string of the molecule is Cc1cccc(/C(=C(/OC=O)C(C)n2nc(C)c3c(N)ncnc32)c2ccccc2C)c1. The van der Waals surface area contributed by atoms with Gasteiger partial charge in [0.05, 0.1) is 11.1 Å². The van der Waals surface area contributed by atoms with Crippen molar-refractivity contribution in [2.24, 2.45) is 0 Å². The number of aromatic nitrogens is 4. The molecule has 4 aromatic rings. The third kappa shape index (κ3) is 3.73. The van der Waals surface area contributed by atoms with Crippen molar-refractivity contribution in [3.8, 4) is 0 Å². The third-order valence-corrected chi connectivity index (χ3v) is 5.58. The number of aryl methyl sites for hydroxylation is 3. The zero-order valence-corrected chi connectivity index (χ0v) is 18.5. The normalized spacial score (nSPS) is 13.0. The minimum atomic E-state index is -0.444. The minimum Gasteiger partial charge on any atom is -0.430 e. The summed E-state index contributed by atoms with van der Waals surface area (Å²) in [6.07, 6.45) is 1.41. The molecular formula is C25H25N5O2. The largest absolute Gasteiger partial charge is 0.430 e. The summed E-state index contributed by atoms with van der Waals surface area (Å²) in [5.74, 6) is 0.840. The lowest BCUT2D eigenvalue weighted by Crippen LogP contribution is -2.15. The van der Waals surface area contributed by atoms with Gasteiger partial charge in [-0.3, -0.25) is 4.79 Å². The van der Waals surface area contributed by atoms with Crippen LogP contribution in [0.15, 0.2) is 60.6 Å². The van der Waals surface area contributed by atoms with Crippen molar-refractivity contribution in [2.75, 3.05) is 5.73 Å². The highest BCUT2D eigenvalue weighted by atomic mass is 16.5. The van der Waals surface area contributed by atoms with E-state index in [2.05, 4.69) is 21.1 Å². The maximum absolute atomic E-state index is 11.7. The third-order valence-electron chi connectivity index (χ3n) is 5.58. The summed E-state index contributed by atoms with van der Waals surface area (Å²) in [4.78, 5) is 20.2. The van der Waals surface area contributed by atoms with Crippen LogP contribution in [0.25, 0.3) is 16.6 Å². The molecule has 0 amide bonds. The van der Waals surface area contributed by atoms with Crippen molar-refractivity contribution in [1.29, 1.82) is 0 Å². The van der Waals surface area contributed by atoms with Crippen LogP contribution >= 0.6 is 0 Å². The summed E-state index contributed by atoms with van der Waals surface area (Å²) in [5, 5.41) is 5.36. The lowest BCUT2D eigenvalue weighted by Gasteiger charge is -2.22. The molecule has 2 aromatic heterocycles. The van der Waals surface area contributed by atoms with Gasteiger partial charge >= 0.3 is 0 Å². The molecule has 0 spiro atoms. The standard InChI is InChI=1S/C25H25N5O2/c1-15-8-7-10-19(12-15)22(20-11-6-5-9-16(20)2)23(32-14-31)18(4)30-25-21(17(3)29-30)24(26)27-13-28-25/h5-14,18H,1-4H3,(H2,26,27,28)/b23-22-. The van der Waals surface area contributed by atoms with Crippen LogP contribution in [0.2, 0.25) is 0 Å². The summed E-state index contributed by atoms with van der Waals surface area (Å²) >= 11 is 0. The van der Waals surface area contributed by atoms with E-state index < -0.39 is 6.04 Å². The molecule has 0 aliphatic heterocycles. The summed E-state index contributed by atoms with van der Waals surface area (Å²) < 4.78 is 7.41. The first-order chi connectivity index (χ1) is 15.4. The van der Waals surface area contributed by atoms with Gasteiger partial charge in [0.2, 0.25) is 0 Å². The average molecular weight is 428 g/mol. The Balaban J connectivity index is 2.03. The fourth-order valence-corrected chi connectivity index (χ4v) is 4.05. The zero-order chi connectivity index (χ0) is 22.8. The molecule has 1 unspecified atom stereocenters. The molecule has 2 N–H and O–H groups in total. The van der Waals surface area contributed by atoms with Gasteiger partial charge in [-0.25, -0.2) is 14.6 Å². The van der Waals surface area contributed by atoms with E-state index in [1.54, 1.807) is 4.68 Å². The number of carbonyl (C=O) groups excluding carboxylic acids is 1. The van der Waals surface area contributed by atoms with Crippen molar-refractivity contribution in [1.82, 2.24) is 19.7 Å². The van der Waals surface area contributed by atoms with Gasteiger partial charge < -0.3 is 10.5 Å². The monoisotopic (exact) mass is 427 g/mol. The second-order valence-corrected chi connectivity index (χ2v) is 7.80. The number of anilines is 1. The van der Waals surface area contributed by atoms with Gasteiger partial charge in [-0.15, -0.1) is 0 Å². The van der Waals surface area contributed by atoms with E-state index in [0.717, 1.165) is 27.8 Å². The van der Waals surface area contributed by atoms with Gasteiger partial charge in [0, 0.05) is 5.57 Å². The first-order valence-corrected chi connectivity index (χ1v) is 10.3. The Kier molecular flexibility index (Phi) is 5.73. The van der Waals surface area contributed by atoms with E-state index >= 15 is 0 Å². The molecule has 4 rings (SSSR count). The van der Waals surface area contributed by atoms with E-state index in [1.165, 1.54) is 6.33 Å². The van der Waals surface area contributed by atoms with Crippen LogP contribution in [0, 0.1) is 20.8 Å². The van der Waals surface area contributed by atoms with Crippen molar-refractivity contribution in [2.45, 2.75) is 33.7 Å². The van der Waals surface area contributed by atoms with E-state index in [1.807, 2.05) is 70.2 Å². The Morgan fingerprint density at radius 2 is 1.88 bits per heavy atom. The number of benzene rings is 2. The molecule has 0 saturated heterocycles. The van der Waals surface area contributed by atoms with E-state index in [9.17, 15) is 4.79 Å². The number of nitrogens with two attached hydrogens (primary N) is 1. The van der Waals surface area contributed by atoms with E-state index in [0.29, 0.717) is 34.8 Å². The summed E-state index contributed by atoms with van der Waals surface area (Å²) in [6.45, 7) is 8.32. The van der Waals surface area contributed by atoms with Gasteiger partial charge in [-0.2, -0.15) is 5.10 Å². The smallest absolute Gasteiger partial charge is 0.298 e. The Morgan fingerprint density at radius 3 is 2.59 bits per heavy atom. The Labute approximate surface area is 186 Å². The van der Waals surface area contributed by atoms with Crippen LogP contribution < -0.4 is 5.73 Å². The molecule has 7 heteroatoms. The maximum Gasteiger partial charge on any atom is 0.298 e. The number of hydrogen-bond donors (Lipinski definition) is 1. The summed E-state index contributed by atoms with van der Waals surface area (Å²) in [7, 11) is 0. The van der Waals surface area contributed by atoms with E-state index in [-0.39, 0.29) is 0 Å². The topological polar surface area (TPSA) is 95.9 Å². The van der Waals surface area contributed by atoms with Crippen LogP contribution in [-0.4, -0.2) is 26.2 Å². The number of fused-ring (bicyclic) bond motifs is 1. The molecule has 2 heterocycles. The molecule has 162 valence electrons. The lowest BCUT2D eigenvalue weighted by molar-refractivity contribution is -0.125. The number of rotatable bonds is 6. The minimum absolute atomic E-state index is 0.366. The molecule has 32 heavy (non-hydrogen) atoms. The Bertz CT molecular complexity index is 1340. The zero-order valence-electron chi connectivity index (χ0n) is 18.5. The van der Waals surface area contributed by atoms with Crippen molar-refractivity contribution in [3.63, 3.8) is 0 Å². The molecule has 0 fully saturated rings. The van der Waals surface area contributed by atoms with Gasteiger partial charge in [-0.05, 0) is 44.4 Å². The highest BCUT2D eigenvalue weighted by Gasteiger charge is 2.25. The molecule has 2 aromatic carbocycles. The molecule has 0 aliphatic carbocycles. The van der Waals surface area contributed by atoms with Crippen LogP contribution in [0.3, 0.4) is 0 Å². The molecular weight excluding hydrogens is 402 g/mol. The highest BCUT2D eigenvalue weighted by molar-refractivity contribution is 5.88. The fourth-order valence-electron chi connectivity index (χ4n) is 4.05. The van der Waals surface area contributed by atoms with Crippen molar-refractivity contribution in [3.05, 3.63) is 88.6 Å². The van der Waals surface area contributed by atoms with Crippen LogP contribution in [-0.2, 0) is 9.53 Å². The highest BCUT2D eigenvalue weighted by Crippen LogP contribution is 2.36. The van der Waals surface area contributed by atoms with Crippen LogP contribution in [0.4, 0.5) is 5.82 Å². The maximum atomic E-state index is 11.7. The van der Waals surface area contributed by atoms with Crippen molar-refractivity contribution < 1.29 is 9.53 Å².